The molecule has 0 aromatic heterocycles. The molecule has 0 N–H and O–H groups in total. The minimum absolute atomic E-state index is 0.0939. The number of hydrogen-bond acceptors (Lipinski definition) is 6. The van der Waals surface area contributed by atoms with Gasteiger partial charge in [-0.3, -0.25) is 14.4 Å². The summed E-state index contributed by atoms with van der Waals surface area (Å²) in [5.74, 6) is -0.933. The largest absolute Gasteiger partial charge is 0.462 e. The fraction of sp³-hybridized carbons (Fsp3) is 0.712. The van der Waals surface area contributed by atoms with E-state index in [1.165, 1.54) is 167 Å². The third-order valence-electron chi connectivity index (χ3n) is 14.3. The van der Waals surface area contributed by atoms with Crippen LogP contribution in [0.2, 0.25) is 0 Å². The molecule has 79 heavy (non-hydrogen) atoms. The van der Waals surface area contributed by atoms with Crippen LogP contribution in [0, 0.1) is 0 Å². The van der Waals surface area contributed by atoms with Crippen LogP contribution in [0.1, 0.15) is 316 Å². The molecule has 0 amide bonds. The third-order valence-corrected chi connectivity index (χ3v) is 14.3. The van der Waals surface area contributed by atoms with E-state index < -0.39 is 6.10 Å². The van der Waals surface area contributed by atoms with Crippen LogP contribution in [-0.2, 0) is 28.6 Å². The van der Waals surface area contributed by atoms with Crippen molar-refractivity contribution in [2.75, 3.05) is 13.2 Å². The zero-order valence-corrected chi connectivity index (χ0v) is 51.9. The van der Waals surface area contributed by atoms with E-state index in [9.17, 15) is 14.4 Å². The van der Waals surface area contributed by atoms with Crippen molar-refractivity contribution < 1.29 is 28.6 Å². The molecule has 1 unspecified atom stereocenters. The van der Waals surface area contributed by atoms with Crippen molar-refractivity contribution in [2.24, 2.45) is 0 Å². The summed E-state index contributed by atoms with van der Waals surface area (Å²) in [5.41, 5.74) is 0. The molecule has 0 aromatic rings. The number of carbonyl (C=O) groups excluding carboxylic acids is 3. The van der Waals surface area contributed by atoms with Crippen molar-refractivity contribution in [3.05, 3.63) is 109 Å². The first-order valence-corrected chi connectivity index (χ1v) is 33.4. The highest BCUT2D eigenvalue weighted by Gasteiger charge is 2.19. The van der Waals surface area contributed by atoms with Crippen LogP contribution in [0.3, 0.4) is 0 Å². The maximum Gasteiger partial charge on any atom is 0.306 e. The van der Waals surface area contributed by atoms with Gasteiger partial charge in [0.05, 0.1) is 0 Å². The summed E-state index contributed by atoms with van der Waals surface area (Å²) in [6, 6.07) is 0. The van der Waals surface area contributed by atoms with Gasteiger partial charge >= 0.3 is 17.9 Å². The monoisotopic (exact) mass is 1100 g/mol. The van der Waals surface area contributed by atoms with Gasteiger partial charge < -0.3 is 14.2 Å². The predicted molar refractivity (Wildman–Crippen MR) is 343 cm³/mol. The van der Waals surface area contributed by atoms with Gasteiger partial charge in [-0.05, 0) is 109 Å². The molecule has 0 radical (unpaired) electrons. The van der Waals surface area contributed by atoms with Crippen LogP contribution < -0.4 is 0 Å². The molecule has 1 atom stereocenters. The van der Waals surface area contributed by atoms with E-state index in [2.05, 4.69) is 130 Å². The minimum atomic E-state index is -0.800. The number of carbonyl (C=O) groups is 3. The molecule has 0 aliphatic heterocycles. The summed E-state index contributed by atoms with van der Waals surface area (Å²) >= 11 is 0. The van der Waals surface area contributed by atoms with Gasteiger partial charge in [-0.25, -0.2) is 0 Å². The number of hydrogen-bond donors (Lipinski definition) is 0. The Morgan fingerprint density at radius 2 is 0.494 bits per heavy atom. The zero-order valence-electron chi connectivity index (χ0n) is 51.9. The van der Waals surface area contributed by atoms with Crippen LogP contribution >= 0.6 is 0 Å². The Kier molecular flexibility index (Phi) is 63.3. The summed E-state index contributed by atoms with van der Waals surface area (Å²) in [6.07, 6.45) is 91.2. The molecule has 0 bridgehead atoms. The quantitative estimate of drug-likeness (QED) is 0.0261. The Labute approximate surface area is 489 Å². The van der Waals surface area contributed by atoms with E-state index in [0.717, 1.165) is 103 Å². The Morgan fingerprint density at radius 3 is 0.797 bits per heavy atom. The number of ether oxygens (including phenoxy) is 3. The van der Waals surface area contributed by atoms with Gasteiger partial charge in [-0.2, -0.15) is 0 Å². The van der Waals surface area contributed by atoms with Gasteiger partial charge in [0.1, 0.15) is 13.2 Å². The normalized spacial score (nSPS) is 12.8. The molecule has 452 valence electrons. The average molecular weight is 1100 g/mol. The van der Waals surface area contributed by atoms with Crippen LogP contribution in [-0.4, -0.2) is 37.2 Å². The van der Waals surface area contributed by atoms with Crippen LogP contribution in [0.4, 0.5) is 0 Å². The van der Waals surface area contributed by atoms with E-state index in [1.54, 1.807) is 0 Å². The maximum absolute atomic E-state index is 12.9. The molecule has 6 nitrogen and oxygen atoms in total. The first-order chi connectivity index (χ1) is 39.0. The first kappa shape index (κ1) is 75.1. The Balaban J connectivity index is 4.20. The molecular formula is C73H124O6. The van der Waals surface area contributed by atoms with Crippen molar-refractivity contribution in [1.82, 2.24) is 0 Å². The number of rotatable bonds is 60. The summed E-state index contributed by atoms with van der Waals surface area (Å²) in [4.78, 5) is 38.2. The van der Waals surface area contributed by atoms with Crippen LogP contribution in [0.25, 0.3) is 0 Å². The molecule has 0 saturated carbocycles. The molecule has 6 heteroatoms. The standard InChI is InChI=1S/C73H124O6/c1-4-7-10-13-16-19-21-23-25-27-29-31-32-33-34-35-36-37-38-39-40-42-43-45-47-49-51-54-57-60-63-66-72(75)78-69-70(68-77-71(74)65-62-59-56-53-18-15-12-9-6-3)79-73(76)67-64-61-58-55-52-50-48-46-44-41-30-28-26-24-22-20-17-14-11-8-5-2/h8,11,17,20-21,23-24,26-27,29-30,32-33,41,46,48,52,55,70H,4-7,9-10,12-16,18-19,22,25,28,31,34-40,42-45,47,49-51,53-54,56-69H2,1-3H3/b11-8-,20-17-,23-21-,26-24-,29-27-,33-32-,41-30-,48-46-,55-52-. The maximum atomic E-state index is 12.9. The molecule has 0 spiro atoms. The van der Waals surface area contributed by atoms with E-state index in [4.69, 9.17) is 14.2 Å². The Bertz CT molecular complexity index is 1590. The summed E-state index contributed by atoms with van der Waals surface area (Å²) in [7, 11) is 0. The SMILES string of the molecule is CC/C=C\C/C=C\C/C=C\C/C=C\C/C=C\C/C=C\CCCCC(=O)OC(COC(=O)CCCCCCCCCCC)COC(=O)CCCCCCCCCCCCCCCCCC/C=C\C/C=C\C/C=C\CCCCCCC. The summed E-state index contributed by atoms with van der Waals surface area (Å²) in [6.45, 7) is 6.48. The van der Waals surface area contributed by atoms with Crippen molar-refractivity contribution >= 4 is 17.9 Å². The lowest BCUT2D eigenvalue weighted by molar-refractivity contribution is -0.167. The number of unbranched alkanes of at least 4 members (excludes halogenated alkanes) is 31. The highest BCUT2D eigenvalue weighted by atomic mass is 16.6. The molecule has 0 aliphatic rings. The summed E-state index contributed by atoms with van der Waals surface area (Å²) < 4.78 is 16.8. The Morgan fingerprint density at radius 1 is 0.266 bits per heavy atom. The lowest BCUT2D eigenvalue weighted by Crippen LogP contribution is -2.30. The number of allylic oxidation sites excluding steroid dienone is 18. The predicted octanol–water partition coefficient (Wildman–Crippen LogP) is 23.0. The highest BCUT2D eigenvalue weighted by molar-refractivity contribution is 5.71. The lowest BCUT2D eigenvalue weighted by Gasteiger charge is -2.18. The molecular weight excluding hydrogens is 973 g/mol. The topological polar surface area (TPSA) is 78.9 Å². The van der Waals surface area contributed by atoms with Crippen molar-refractivity contribution in [1.29, 1.82) is 0 Å². The second-order valence-corrected chi connectivity index (χ2v) is 22.0. The number of esters is 3. The second kappa shape index (κ2) is 66.6. The first-order valence-electron chi connectivity index (χ1n) is 33.4. The van der Waals surface area contributed by atoms with E-state index >= 15 is 0 Å². The molecule has 0 aromatic carbocycles. The van der Waals surface area contributed by atoms with Gasteiger partial charge in [-0.15, -0.1) is 0 Å². The average Bonchev–Trinajstić information content (AvgIpc) is 3.45. The third kappa shape index (κ3) is 64.8. The van der Waals surface area contributed by atoms with Gasteiger partial charge in [0.2, 0.25) is 0 Å². The fourth-order valence-corrected chi connectivity index (χ4v) is 9.28. The van der Waals surface area contributed by atoms with Crippen molar-refractivity contribution in [3.8, 4) is 0 Å². The van der Waals surface area contributed by atoms with Crippen molar-refractivity contribution in [2.45, 2.75) is 322 Å². The Hall–Kier alpha value is -3.93. The van der Waals surface area contributed by atoms with Gasteiger partial charge in [0.25, 0.3) is 0 Å². The molecule has 0 fully saturated rings. The van der Waals surface area contributed by atoms with Gasteiger partial charge in [0, 0.05) is 19.3 Å². The van der Waals surface area contributed by atoms with Gasteiger partial charge in [-0.1, -0.05) is 297 Å². The van der Waals surface area contributed by atoms with E-state index in [1.807, 2.05) is 0 Å². The van der Waals surface area contributed by atoms with Crippen LogP contribution in [0.5, 0.6) is 0 Å². The van der Waals surface area contributed by atoms with E-state index in [-0.39, 0.29) is 37.5 Å². The molecule has 0 aliphatic carbocycles. The highest BCUT2D eigenvalue weighted by Crippen LogP contribution is 2.16. The van der Waals surface area contributed by atoms with Crippen molar-refractivity contribution in [3.63, 3.8) is 0 Å². The van der Waals surface area contributed by atoms with Crippen LogP contribution in [0.15, 0.2) is 109 Å². The van der Waals surface area contributed by atoms with Gasteiger partial charge in [0.15, 0.2) is 6.10 Å². The molecule has 0 saturated heterocycles. The molecule has 0 rings (SSSR count). The zero-order chi connectivity index (χ0) is 57.1. The molecule has 0 heterocycles. The minimum Gasteiger partial charge on any atom is -0.462 e. The smallest absolute Gasteiger partial charge is 0.306 e. The lowest BCUT2D eigenvalue weighted by atomic mass is 10.0. The summed E-state index contributed by atoms with van der Waals surface area (Å²) in [5, 5.41) is 0. The van der Waals surface area contributed by atoms with E-state index in [0.29, 0.717) is 19.3 Å². The second-order valence-electron chi connectivity index (χ2n) is 22.0. The fourth-order valence-electron chi connectivity index (χ4n) is 9.28.